The van der Waals surface area contributed by atoms with Crippen molar-refractivity contribution in [3.63, 3.8) is 0 Å². The van der Waals surface area contributed by atoms with Crippen LogP contribution < -0.4 is 5.32 Å². The van der Waals surface area contributed by atoms with Gasteiger partial charge in [-0.2, -0.15) is 0 Å². The van der Waals surface area contributed by atoms with E-state index in [1.807, 2.05) is 39.0 Å². The molecule has 0 unspecified atom stereocenters. The van der Waals surface area contributed by atoms with Gasteiger partial charge in [0.15, 0.2) is 6.61 Å². The number of alkyl halides is 2. The summed E-state index contributed by atoms with van der Waals surface area (Å²) < 4.78 is 1.41. The Kier molecular flexibility index (Phi) is 9.11. The second-order valence-electron chi connectivity index (χ2n) is 6.13. The van der Waals surface area contributed by atoms with Gasteiger partial charge in [0.2, 0.25) is 0 Å². The molecule has 0 heterocycles. The molecule has 8 heteroatoms. The molecule has 0 spiro atoms. The van der Waals surface area contributed by atoms with E-state index < -0.39 is 5.97 Å². The lowest BCUT2D eigenvalue weighted by Crippen LogP contribution is -2.33. The molecule has 138 valence electrons. The molecule has 0 aliphatic carbocycles. The van der Waals surface area contributed by atoms with Gasteiger partial charge in [-0.25, -0.2) is 0 Å². The highest BCUT2D eigenvalue weighted by atomic mass is 127. The fourth-order valence-electron chi connectivity index (χ4n) is 2.10. The highest BCUT2D eigenvalue weighted by Crippen LogP contribution is 2.27. The van der Waals surface area contributed by atoms with Crippen LogP contribution in [-0.2, 0) is 14.4 Å². The van der Waals surface area contributed by atoms with E-state index in [0.29, 0.717) is 20.3 Å². The van der Waals surface area contributed by atoms with E-state index in [2.05, 4.69) is 55.7 Å². The third kappa shape index (κ3) is 7.47. The molecule has 0 aliphatic rings. The average Bonchev–Trinajstić information content (AvgIpc) is 2.51. The molecule has 0 saturated carbocycles. The summed E-state index contributed by atoms with van der Waals surface area (Å²) >= 11 is 4.40. The van der Waals surface area contributed by atoms with Gasteiger partial charge in [0, 0.05) is 20.0 Å². The van der Waals surface area contributed by atoms with Gasteiger partial charge in [-0.05, 0) is 37.1 Å². The second kappa shape index (κ2) is 10.3. The fourth-order valence-corrected chi connectivity index (χ4v) is 4.55. The van der Waals surface area contributed by atoms with Gasteiger partial charge in [0.25, 0.3) is 5.91 Å². The van der Waals surface area contributed by atoms with Crippen LogP contribution in [0.1, 0.15) is 24.5 Å². The molecule has 0 saturated heterocycles. The molecule has 2 N–H and O–H groups in total. The Morgan fingerprint density at radius 3 is 2.24 bits per heavy atom. The average molecular weight is 572 g/mol. The molecule has 0 bridgehead atoms. The molecule has 1 amide bonds. The number of nitrogens with one attached hydrogen (secondary N) is 1. The lowest BCUT2D eigenvalue weighted by Gasteiger charge is -2.25. The SMILES string of the molecule is Cc1cc(C)cc(NC(=O)CO/N=C(/CC(=O)O)C(C)(CI)CI)c1. The Morgan fingerprint density at radius 1 is 1.20 bits per heavy atom. The number of carboxylic acid groups (broad SMARTS) is 1. The van der Waals surface area contributed by atoms with Gasteiger partial charge in [-0.3, -0.25) is 9.59 Å². The first kappa shape index (κ1) is 22.1. The monoisotopic (exact) mass is 572 g/mol. The van der Waals surface area contributed by atoms with Crippen LogP contribution in [0.5, 0.6) is 0 Å². The maximum Gasteiger partial charge on any atom is 0.309 e. The number of anilines is 1. The summed E-state index contributed by atoms with van der Waals surface area (Å²) in [5, 5.41) is 15.8. The van der Waals surface area contributed by atoms with Crippen LogP contribution >= 0.6 is 45.2 Å². The van der Waals surface area contributed by atoms with E-state index >= 15 is 0 Å². The summed E-state index contributed by atoms with van der Waals surface area (Å²) in [7, 11) is 0. The summed E-state index contributed by atoms with van der Waals surface area (Å²) in [5.74, 6) is -1.31. The third-order valence-electron chi connectivity index (χ3n) is 3.48. The van der Waals surface area contributed by atoms with E-state index in [9.17, 15) is 9.59 Å². The van der Waals surface area contributed by atoms with Crippen LogP contribution in [-0.4, -0.2) is 38.2 Å². The van der Waals surface area contributed by atoms with Crippen molar-refractivity contribution in [1.29, 1.82) is 0 Å². The van der Waals surface area contributed by atoms with Gasteiger partial charge in [0.05, 0.1) is 12.1 Å². The molecular formula is C17H22I2N2O4. The first-order valence-electron chi connectivity index (χ1n) is 7.61. The molecule has 0 fully saturated rings. The van der Waals surface area contributed by atoms with Crippen LogP contribution in [0.2, 0.25) is 0 Å². The molecule has 1 rings (SSSR count). The molecule has 1 aromatic carbocycles. The second-order valence-corrected chi connectivity index (χ2v) is 7.66. The molecule has 0 aliphatic heterocycles. The number of nitrogens with zero attached hydrogens (tertiary/aromatic N) is 1. The van der Waals surface area contributed by atoms with Crippen LogP contribution in [0.3, 0.4) is 0 Å². The van der Waals surface area contributed by atoms with E-state index in [1.54, 1.807) is 0 Å². The largest absolute Gasteiger partial charge is 0.481 e. The molecular weight excluding hydrogens is 550 g/mol. The number of carboxylic acids is 1. The van der Waals surface area contributed by atoms with Crippen molar-refractivity contribution in [3.05, 3.63) is 29.3 Å². The highest BCUT2D eigenvalue weighted by Gasteiger charge is 2.30. The fraction of sp³-hybridized carbons (Fsp3) is 0.471. The zero-order valence-corrected chi connectivity index (χ0v) is 18.8. The van der Waals surface area contributed by atoms with Crippen molar-refractivity contribution in [3.8, 4) is 0 Å². The Hall–Kier alpha value is -0.910. The van der Waals surface area contributed by atoms with Crippen LogP contribution in [0, 0.1) is 19.3 Å². The number of aryl methyl sites for hydroxylation is 2. The molecule has 0 radical (unpaired) electrons. The normalized spacial score (nSPS) is 12.0. The number of hydrogen-bond acceptors (Lipinski definition) is 4. The maximum atomic E-state index is 12.0. The number of rotatable bonds is 9. The summed E-state index contributed by atoms with van der Waals surface area (Å²) in [5.41, 5.74) is 2.85. The summed E-state index contributed by atoms with van der Waals surface area (Å²) in [6.45, 7) is 5.58. The third-order valence-corrected chi connectivity index (χ3v) is 6.85. The topological polar surface area (TPSA) is 88.0 Å². The quantitative estimate of drug-likeness (QED) is 0.203. The summed E-state index contributed by atoms with van der Waals surface area (Å²) in [6, 6.07) is 5.75. The Balaban J connectivity index is 2.73. The van der Waals surface area contributed by atoms with Crippen molar-refractivity contribution in [2.75, 3.05) is 20.8 Å². The minimum absolute atomic E-state index is 0.207. The Bertz CT molecular complexity index is 638. The van der Waals surface area contributed by atoms with Gasteiger partial charge in [0.1, 0.15) is 0 Å². The number of carbonyl (C=O) groups is 2. The molecule has 1 aromatic rings. The smallest absolute Gasteiger partial charge is 0.309 e. The van der Waals surface area contributed by atoms with Crippen molar-refractivity contribution >= 4 is 68.5 Å². The van der Waals surface area contributed by atoms with Gasteiger partial charge in [-0.1, -0.05) is 63.3 Å². The minimum Gasteiger partial charge on any atom is -0.481 e. The summed E-state index contributed by atoms with van der Waals surface area (Å²) in [6.07, 6.45) is -0.207. The predicted molar refractivity (Wildman–Crippen MR) is 116 cm³/mol. The Labute approximate surface area is 175 Å². The molecule has 0 atom stereocenters. The van der Waals surface area contributed by atoms with E-state index in [1.165, 1.54) is 0 Å². The molecule has 0 aromatic heterocycles. The predicted octanol–water partition coefficient (Wildman–Crippen LogP) is 3.97. The zero-order valence-electron chi connectivity index (χ0n) is 14.4. The van der Waals surface area contributed by atoms with E-state index in [0.717, 1.165) is 11.1 Å². The van der Waals surface area contributed by atoms with Gasteiger partial charge in [-0.15, -0.1) is 0 Å². The van der Waals surface area contributed by atoms with Crippen molar-refractivity contribution < 1.29 is 19.5 Å². The Morgan fingerprint density at radius 2 is 1.76 bits per heavy atom. The van der Waals surface area contributed by atoms with Crippen LogP contribution in [0.4, 0.5) is 5.69 Å². The minimum atomic E-state index is -0.969. The highest BCUT2D eigenvalue weighted by molar-refractivity contribution is 14.1. The van der Waals surface area contributed by atoms with Crippen LogP contribution in [0.25, 0.3) is 0 Å². The number of benzene rings is 1. The van der Waals surface area contributed by atoms with Crippen molar-refractivity contribution in [2.24, 2.45) is 10.6 Å². The molecule has 25 heavy (non-hydrogen) atoms. The lowest BCUT2D eigenvalue weighted by atomic mass is 9.88. The maximum absolute atomic E-state index is 12.0. The number of carbonyl (C=O) groups excluding carboxylic acids is 1. The number of amides is 1. The first-order valence-corrected chi connectivity index (χ1v) is 10.7. The van der Waals surface area contributed by atoms with Crippen LogP contribution in [0.15, 0.2) is 23.4 Å². The van der Waals surface area contributed by atoms with E-state index in [-0.39, 0.29) is 24.3 Å². The van der Waals surface area contributed by atoms with E-state index in [4.69, 9.17) is 9.94 Å². The van der Waals surface area contributed by atoms with Crippen molar-refractivity contribution in [2.45, 2.75) is 27.2 Å². The molecule has 6 nitrogen and oxygen atoms in total. The summed E-state index contributed by atoms with van der Waals surface area (Å²) in [4.78, 5) is 28.2. The van der Waals surface area contributed by atoms with Gasteiger partial charge < -0.3 is 15.3 Å². The standard InChI is InChI=1S/C17H22I2N2O4/c1-11-4-12(2)6-13(5-11)20-15(22)8-25-21-14(7-16(23)24)17(3,9-18)10-19/h4-6H,7-10H2,1-3H3,(H,20,22)(H,23,24)/b21-14-. The number of oxime groups is 1. The number of hydrogen-bond donors (Lipinski definition) is 2. The first-order chi connectivity index (χ1) is 11.7. The lowest BCUT2D eigenvalue weighted by molar-refractivity contribution is -0.135. The number of aliphatic carboxylic acids is 1. The zero-order chi connectivity index (χ0) is 19.0. The van der Waals surface area contributed by atoms with Gasteiger partial charge >= 0.3 is 5.97 Å². The van der Waals surface area contributed by atoms with Crippen molar-refractivity contribution in [1.82, 2.24) is 0 Å². The number of halogens is 2.